The van der Waals surface area contributed by atoms with E-state index in [1.807, 2.05) is 49.5 Å². The van der Waals surface area contributed by atoms with Crippen molar-refractivity contribution in [3.63, 3.8) is 0 Å². The maximum absolute atomic E-state index is 13.3. The van der Waals surface area contributed by atoms with Crippen LogP contribution in [0.5, 0.6) is 0 Å². The van der Waals surface area contributed by atoms with Crippen LogP contribution in [0.3, 0.4) is 0 Å². The number of aromatic nitrogens is 1. The minimum atomic E-state index is -0.414. The van der Waals surface area contributed by atoms with Crippen LogP contribution in [0.15, 0.2) is 47.3 Å². The molecule has 2 aliphatic heterocycles. The number of ether oxygens (including phenoxy) is 1. The van der Waals surface area contributed by atoms with Crippen molar-refractivity contribution in [1.29, 1.82) is 0 Å². The number of nitrogens with one attached hydrogen (secondary N) is 1. The Morgan fingerprint density at radius 3 is 2.69 bits per heavy atom. The van der Waals surface area contributed by atoms with Crippen LogP contribution in [0, 0.1) is 11.8 Å². The summed E-state index contributed by atoms with van der Waals surface area (Å²) in [4.78, 5) is 28.4. The van der Waals surface area contributed by atoms with Gasteiger partial charge in [-0.15, -0.1) is 0 Å². The monoisotopic (exact) mass is 397 g/mol. The Labute approximate surface area is 169 Å². The average molecular weight is 397 g/mol. The van der Waals surface area contributed by atoms with Gasteiger partial charge in [-0.25, -0.2) is 0 Å². The van der Waals surface area contributed by atoms with E-state index >= 15 is 0 Å². The summed E-state index contributed by atoms with van der Waals surface area (Å²) in [5.41, 5.74) is 2.32. The molecule has 0 radical (unpaired) electrons. The van der Waals surface area contributed by atoms with Gasteiger partial charge in [-0.2, -0.15) is 0 Å². The summed E-state index contributed by atoms with van der Waals surface area (Å²) in [5.74, 6) is -0.747. The van der Waals surface area contributed by atoms with Crippen molar-refractivity contribution in [2.24, 2.45) is 11.8 Å². The van der Waals surface area contributed by atoms with E-state index in [1.54, 1.807) is 11.7 Å². The summed E-state index contributed by atoms with van der Waals surface area (Å²) >= 11 is 0. The van der Waals surface area contributed by atoms with Crippen LogP contribution >= 0.6 is 0 Å². The quantitative estimate of drug-likeness (QED) is 0.707. The highest BCUT2D eigenvalue weighted by Gasteiger charge is 2.54. The number of pyridine rings is 1. The highest BCUT2D eigenvalue weighted by Crippen LogP contribution is 2.47. The number of methoxy groups -OCH3 is 1. The molecular formula is C22H27N3O4. The van der Waals surface area contributed by atoms with Gasteiger partial charge in [0.2, 0.25) is 5.91 Å². The number of carbonyl (C=O) groups excluding carboxylic acids is 1. The largest absolute Gasteiger partial charge is 0.396 e. The molecule has 154 valence electrons. The van der Waals surface area contributed by atoms with E-state index in [0.717, 1.165) is 11.3 Å². The first-order chi connectivity index (χ1) is 14.1. The van der Waals surface area contributed by atoms with E-state index in [4.69, 9.17) is 4.74 Å². The van der Waals surface area contributed by atoms with Crippen molar-refractivity contribution in [3.8, 4) is 11.1 Å². The average Bonchev–Trinajstić information content (AvgIpc) is 2.91. The molecule has 4 atom stereocenters. The van der Waals surface area contributed by atoms with Crippen LogP contribution in [0.2, 0.25) is 0 Å². The second-order valence-electron chi connectivity index (χ2n) is 7.79. The lowest BCUT2D eigenvalue weighted by atomic mass is 9.86. The smallest absolute Gasteiger partial charge is 0.258 e. The highest BCUT2D eigenvalue weighted by molar-refractivity contribution is 5.80. The Kier molecular flexibility index (Phi) is 5.54. The molecule has 1 fully saturated rings. The summed E-state index contributed by atoms with van der Waals surface area (Å²) in [6.45, 7) is 1.23. The summed E-state index contributed by atoms with van der Waals surface area (Å²) in [6.07, 6.45) is 0. The first-order valence-corrected chi connectivity index (χ1v) is 9.97. The summed E-state index contributed by atoms with van der Waals surface area (Å²) in [6, 6.07) is 13.1. The molecular weight excluding hydrogens is 370 g/mol. The van der Waals surface area contributed by atoms with Gasteiger partial charge in [-0.05, 0) is 24.7 Å². The number of fused-ring (bicyclic) bond motifs is 4. The highest BCUT2D eigenvalue weighted by atomic mass is 16.5. The molecule has 0 unspecified atom stereocenters. The van der Waals surface area contributed by atoms with Crippen LogP contribution in [-0.4, -0.2) is 60.4 Å². The van der Waals surface area contributed by atoms with E-state index in [1.165, 1.54) is 0 Å². The van der Waals surface area contributed by atoms with Gasteiger partial charge < -0.3 is 19.7 Å². The third-order valence-electron chi connectivity index (χ3n) is 6.34. The molecule has 1 saturated heterocycles. The van der Waals surface area contributed by atoms with Crippen LogP contribution in [0.25, 0.3) is 11.1 Å². The maximum atomic E-state index is 13.3. The number of amides is 1. The van der Waals surface area contributed by atoms with Crippen LogP contribution < -0.4 is 10.9 Å². The lowest BCUT2D eigenvalue weighted by molar-refractivity contribution is -0.127. The third-order valence-corrected chi connectivity index (χ3v) is 6.34. The standard InChI is InChI=1S/C22H27N3O4/c1-24-18-12-25-17(9-8-15(22(25)28)14-6-4-3-5-7-14)20(24)19(16(18)13-26)21(27)23-10-11-29-2/h3-9,16,18-20,26H,10-13H2,1-2H3,(H,23,27)/t16-,18-,19+,20+/m1/s1. The summed E-state index contributed by atoms with van der Waals surface area (Å²) in [5, 5.41) is 13.0. The van der Waals surface area contributed by atoms with Crippen molar-refractivity contribution < 1.29 is 14.6 Å². The Bertz CT molecular complexity index is 943. The Balaban J connectivity index is 1.74. The minimum absolute atomic E-state index is 0.0473. The number of hydrogen-bond donors (Lipinski definition) is 2. The van der Waals surface area contributed by atoms with Gasteiger partial charge in [-0.1, -0.05) is 30.3 Å². The first-order valence-electron chi connectivity index (χ1n) is 9.97. The molecule has 1 amide bonds. The first kappa shape index (κ1) is 19.8. The second kappa shape index (κ2) is 8.10. The zero-order chi connectivity index (χ0) is 20.5. The number of aliphatic hydroxyl groups is 1. The number of aliphatic hydroxyl groups excluding tert-OH is 1. The number of nitrogens with zero attached hydrogens (tertiary/aromatic N) is 2. The lowest BCUT2D eigenvalue weighted by Gasteiger charge is -2.35. The zero-order valence-electron chi connectivity index (χ0n) is 16.7. The van der Waals surface area contributed by atoms with Crippen molar-refractivity contribution in [1.82, 2.24) is 14.8 Å². The van der Waals surface area contributed by atoms with Gasteiger partial charge in [0.05, 0.1) is 18.6 Å². The SMILES string of the molecule is COCCNC(=O)[C@H]1[C@H](CO)[C@H]2Cn3c(ccc(-c4ccccc4)c3=O)[C@@H]1N2C. The van der Waals surface area contributed by atoms with Gasteiger partial charge in [0.15, 0.2) is 0 Å². The predicted molar refractivity (Wildman–Crippen MR) is 109 cm³/mol. The molecule has 2 aliphatic rings. The maximum Gasteiger partial charge on any atom is 0.258 e. The van der Waals surface area contributed by atoms with E-state index in [-0.39, 0.29) is 36.1 Å². The predicted octanol–water partition coefficient (Wildman–Crippen LogP) is 0.871. The Morgan fingerprint density at radius 1 is 1.24 bits per heavy atom. The Hall–Kier alpha value is -2.48. The van der Waals surface area contributed by atoms with E-state index < -0.39 is 5.92 Å². The fourth-order valence-corrected chi connectivity index (χ4v) is 4.92. The molecule has 0 saturated carbocycles. The Morgan fingerprint density at radius 2 is 2.00 bits per heavy atom. The molecule has 2 aromatic rings. The van der Waals surface area contributed by atoms with E-state index in [2.05, 4.69) is 10.2 Å². The van der Waals surface area contributed by atoms with Crippen LogP contribution in [0.4, 0.5) is 0 Å². The summed E-state index contributed by atoms with van der Waals surface area (Å²) in [7, 11) is 3.56. The molecule has 2 N–H and O–H groups in total. The molecule has 0 spiro atoms. The topological polar surface area (TPSA) is 83.8 Å². The van der Waals surface area contributed by atoms with E-state index in [0.29, 0.717) is 25.3 Å². The van der Waals surface area contributed by atoms with Crippen molar-refractivity contribution >= 4 is 5.91 Å². The van der Waals surface area contributed by atoms with Crippen molar-refractivity contribution in [3.05, 3.63) is 58.5 Å². The van der Waals surface area contributed by atoms with E-state index in [9.17, 15) is 14.7 Å². The number of benzene rings is 1. The van der Waals surface area contributed by atoms with Crippen LogP contribution in [0.1, 0.15) is 11.7 Å². The molecule has 7 nitrogen and oxygen atoms in total. The molecule has 7 heteroatoms. The van der Waals surface area contributed by atoms with Gasteiger partial charge in [-0.3, -0.25) is 14.5 Å². The van der Waals surface area contributed by atoms with Gasteiger partial charge in [0, 0.05) is 50.0 Å². The molecule has 2 bridgehead atoms. The molecule has 3 heterocycles. The molecule has 1 aromatic carbocycles. The lowest BCUT2D eigenvalue weighted by Crippen LogP contribution is -2.44. The number of hydrogen-bond acceptors (Lipinski definition) is 5. The molecule has 4 rings (SSSR count). The molecule has 0 aliphatic carbocycles. The molecule has 29 heavy (non-hydrogen) atoms. The number of rotatable bonds is 6. The van der Waals surface area contributed by atoms with Crippen LogP contribution in [-0.2, 0) is 16.1 Å². The number of likely N-dealkylation sites (N-methyl/N-ethyl adjacent to an activating group) is 1. The normalized spacial score (nSPS) is 25.6. The fraction of sp³-hybridized carbons (Fsp3) is 0.455. The molecule has 1 aromatic heterocycles. The van der Waals surface area contributed by atoms with Crippen molar-refractivity contribution in [2.75, 3.05) is 33.9 Å². The minimum Gasteiger partial charge on any atom is -0.396 e. The number of carbonyl (C=O) groups is 1. The summed E-state index contributed by atoms with van der Waals surface area (Å²) < 4.78 is 6.82. The fourth-order valence-electron chi connectivity index (χ4n) is 4.92. The second-order valence-corrected chi connectivity index (χ2v) is 7.79. The van der Waals surface area contributed by atoms with Gasteiger partial charge in [0.25, 0.3) is 5.56 Å². The van der Waals surface area contributed by atoms with Crippen molar-refractivity contribution in [2.45, 2.75) is 18.6 Å². The zero-order valence-corrected chi connectivity index (χ0v) is 16.7. The van der Waals surface area contributed by atoms with Gasteiger partial charge in [0.1, 0.15) is 0 Å². The third kappa shape index (κ3) is 3.29. The van der Waals surface area contributed by atoms with Gasteiger partial charge >= 0.3 is 0 Å².